The summed E-state index contributed by atoms with van der Waals surface area (Å²) < 4.78 is 0. The molecule has 0 spiro atoms. The van der Waals surface area contributed by atoms with E-state index in [0.717, 1.165) is 12.6 Å². The minimum atomic E-state index is 0.657. The standard InChI is InChI=1S/C8H18N2/c1-3-7-4-5-8(6-9)10(7)2/h7-8H,3-6,9H2,1-2H3. The van der Waals surface area contributed by atoms with Crippen LogP contribution in [0.1, 0.15) is 26.2 Å². The fourth-order valence-corrected chi connectivity index (χ4v) is 1.87. The molecular formula is C8H18N2. The van der Waals surface area contributed by atoms with Crippen molar-refractivity contribution in [1.29, 1.82) is 0 Å². The number of rotatable bonds is 2. The molecule has 2 unspecified atom stereocenters. The maximum atomic E-state index is 5.60. The van der Waals surface area contributed by atoms with Gasteiger partial charge in [-0.1, -0.05) is 6.92 Å². The molecule has 0 bridgehead atoms. The van der Waals surface area contributed by atoms with Crippen LogP contribution in [0.3, 0.4) is 0 Å². The van der Waals surface area contributed by atoms with Crippen molar-refractivity contribution >= 4 is 0 Å². The lowest BCUT2D eigenvalue weighted by Gasteiger charge is -2.23. The van der Waals surface area contributed by atoms with Gasteiger partial charge in [-0.2, -0.15) is 0 Å². The third-order valence-corrected chi connectivity index (χ3v) is 2.73. The van der Waals surface area contributed by atoms with Crippen LogP contribution in [-0.4, -0.2) is 30.6 Å². The second-order valence-electron chi connectivity index (χ2n) is 3.19. The van der Waals surface area contributed by atoms with E-state index < -0.39 is 0 Å². The fraction of sp³-hybridized carbons (Fsp3) is 1.00. The van der Waals surface area contributed by atoms with E-state index in [1.807, 2.05) is 0 Å². The van der Waals surface area contributed by atoms with Crippen LogP contribution in [0.15, 0.2) is 0 Å². The summed E-state index contributed by atoms with van der Waals surface area (Å²) in [4.78, 5) is 2.43. The topological polar surface area (TPSA) is 29.3 Å². The van der Waals surface area contributed by atoms with E-state index in [2.05, 4.69) is 18.9 Å². The summed E-state index contributed by atoms with van der Waals surface area (Å²) >= 11 is 0. The van der Waals surface area contributed by atoms with Gasteiger partial charge in [0, 0.05) is 18.6 Å². The zero-order valence-corrected chi connectivity index (χ0v) is 7.01. The predicted octanol–water partition coefficient (Wildman–Crippen LogP) is 0.818. The summed E-state index contributed by atoms with van der Waals surface area (Å²) in [5, 5.41) is 0. The highest BCUT2D eigenvalue weighted by Gasteiger charge is 2.27. The monoisotopic (exact) mass is 142 g/mol. The molecule has 2 atom stereocenters. The van der Waals surface area contributed by atoms with E-state index >= 15 is 0 Å². The molecule has 0 saturated carbocycles. The average Bonchev–Trinajstić information content (AvgIpc) is 2.30. The first-order valence-electron chi connectivity index (χ1n) is 4.21. The number of hydrogen-bond acceptors (Lipinski definition) is 2. The van der Waals surface area contributed by atoms with Gasteiger partial charge in [-0.15, -0.1) is 0 Å². The molecule has 2 heteroatoms. The second kappa shape index (κ2) is 3.35. The first-order valence-corrected chi connectivity index (χ1v) is 4.21. The predicted molar refractivity (Wildman–Crippen MR) is 43.9 cm³/mol. The van der Waals surface area contributed by atoms with Gasteiger partial charge in [0.1, 0.15) is 0 Å². The Hall–Kier alpha value is -0.0800. The number of hydrogen-bond donors (Lipinski definition) is 1. The number of likely N-dealkylation sites (tertiary alicyclic amines) is 1. The number of nitrogens with zero attached hydrogens (tertiary/aromatic N) is 1. The Morgan fingerprint density at radius 1 is 1.40 bits per heavy atom. The van der Waals surface area contributed by atoms with Crippen LogP contribution in [0.4, 0.5) is 0 Å². The Bertz CT molecular complexity index is 91.4. The van der Waals surface area contributed by atoms with Gasteiger partial charge in [0.05, 0.1) is 0 Å². The normalized spacial score (nSPS) is 35.1. The van der Waals surface area contributed by atoms with Gasteiger partial charge in [-0.25, -0.2) is 0 Å². The van der Waals surface area contributed by atoms with Gasteiger partial charge < -0.3 is 5.73 Å². The molecule has 1 saturated heterocycles. The lowest BCUT2D eigenvalue weighted by Crippen LogP contribution is -2.36. The minimum Gasteiger partial charge on any atom is -0.329 e. The SMILES string of the molecule is CCC1CCC(CN)N1C. The molecule has 1 aliphatic rings. The summed E-state index contributed by atoms with van der Waals surface area (Å²) in [6, 6.07) is 1.46. The highest BCUT2D eigenvalue weighted by molar-refractivity contribution is 4.84. The molecule has 1 fully saturated rings. The molecule has 1 heterocycles. The molecule has 0 aromatic heterocycles. The molecule has 1 aliphatic heterocycles. The summed E-state index contributed by atoms with van der Waals surface area (Å²) in [6.45, 7) is 3.08. The lowest BCUT2D eigenvalue weighted by molar-refractivity contribution is 0.240. The van der Waals surface area contributed by atoms with E-state index in [9.17, 15) is 0 Å². The second-order valence-corrected chi connectivity index (χ2v) is 3.19. The Morgan fingerprint density at radius 2 is 2.00 bits per heavy atom. The van der Waals surface area contributed by atoms with Crippen molar-refractivity contribution in [2.24, 2.45) is 5.73 Å². The van der Waals surface area contributed by atoms with Crippen LogP contribution >= 0.6 is 0 Å². The van der Waals surface area contributed by atoms with E-state index in [-0.39, 0.29) is 0 Å². The molecule has 2 nitrogen and oxygen atoms in total. The molecule has 2 N–H and O–H groups in total. The molecule has 0 aromatic carbocycles. The van der Waals surface area contributed by atoms with Crippen molar-refractivity contribution < 1.29 is 0 Å². The Morgan fingerprint density at radius 3 is 2.30 bits per heavy atom. The van der Waals surface area contributed by atoms with Gasteiger partial charge in [-0.05, 0) is 26.3 Å². The summed E-state index contributed by atoms with van der Waals surface area (Å²) in [7, 11) is 2.19. The van der Waals surface area contributed by atoms with Crippen molar-refractivity contribution in [3.8, 4) is 0 Å². The molecule has 0 radical (unpaired) electrons. The van der Waals surface area contributed by atoms with Gasteiger partial charge in [-0.3, -0.25) is 4.90 Å². The van der Waals surface area contributed by atoms with Crippen LogP contribution in [-0.2, 0) is 0 Å². The van der Waals surface area contributed by atoms with Gasteiger partial charge in [0.25, 0.3) is 0 Å². The maximum absolute atomic E-state index is 5.60. The summed E-state index contributed by atoms with van der Waals surface area (Å²) in [5.41, 5.74) is 5.60. The Kier molecular flexibility index (Phi) is 2.69. The minimum absolute atomic E-state index is 0.657. The van der Waals surface area contributed by atoms with Crippen molar-refractivity contribution in [2.75, 3.05) is 13.6 Å². The van der Waals surface area contributed by atoms with Crippen LogP contribution in [0.25, 0.3) is 0 Å². The summed E-state index contributed by atoms with van der Waals surface area (Å²) in [5.74, 6) is 0. The van der Waals surface area contributed by atoms with Crippen molar-refractivity contribution in [3.05, 3.63) is 0 Å². The average molecular weight is 142 g/mol. The molecule has 0 amide bonds. The van der Waals surface area contributed by atoms with E-state index in [1.54, 1.807) is 0 Å². The van der Waals surface area contributed by atoms with Gasteiger partial charge in [0.2, 0.25) is 0 Å². The first-order chi connectivity index (χ1) is 4.79. The maximum Gasteiger partial charge on any atom is 0.0218 e. The Labute approximate surface area is 63.4 Å². The highest BCUT2D eigenvalue weighted by Crippen LogP contribution is 2.22. The van der Waals surface area contributed by atoms with Gasteiger partial charge >= 0.3 is 0 Å². The lowest BCUT2D eigenvalue weighted by atomic mass is 10.1. The molecule has 0 aliphatic carbocycles. The summed E-state index contributed by atoms with van der Waals surface area (Å²) in [6.07, 6.45) is 3.91. The third-order valence-electron chi connectivity index (χ3n) is 2.73. The molecule has 60 valence electrons. The fourth-order valence-electron chi connectivity index (χ4n) is 1.87. The van der Waals surface area contributed by atoms with E-state index in [0.29, 0.717) is 6.04 Å². The van der Waals surface area contributed by atoms with E-state index in [4.69, 9.17) is 5.73 Å². The largest absolute Gasteiger partial charge is 0.329 e. The molecule has 1 rings (SSSR count). The quantitative estimate of drug-likeness (QED) is 0.618. The van der Waals surface area contributed by atoms with Crippen LogP contribution in [0.2, 0.25) is 0 Å². The number of nitrogens with two attached hydrogens (primary N) is 1. The van der Waals surface area contributed by atoms with Crippen LogP contribution in [0, 0.1) is 0 Å². The van der Waals surface area contributed by atoms with Crippen molar-refractivity contribution in [1.82, 2.24) is 4.90 Å². The first kappa shape index (κ1) is 8.02. The van der Waals surface area contributed by atoms with Crippen molar-refractivity contribution in [2.45, 2.75) is 38.3 Å². The van der Waals surface area contributed by atoms with Crippen LogP contribution < -0.4 is 5.73 Å². The molecule has 0 aromatic rings. The van der Waals surface area contributed by atoms with E-state index in [1.165, 1.54) is 19.3 Å². The zero-order chi connectivity index (χ0) is 7.56. The van der Waals surface area contributed by atoms with Crippen LogP contribution in [0.5, 0.6) is 0 Å². The molecular weight excluding hydrogens is 124 g/mol. The Balaban J connectivity index is 2.41. The molecule has 10 heavy (non-hydrogen) atoms. The van der Waals surface area contributed by atoms with Crippen molar-refractivity contribution in [3.63, 3.8) is 0 Å². The van der Waals surface area contributed by atoms with Gasteiger partial charge in [0.15, 0.2) is 0 Å². The number of likely N-dealkylation sites (N-methyl/N-ethyl adjacent to an activating group) is 1. The zero-order valence-electron chi connectivity index (χ0n) is 7.01. The highest BCUT2D eigenvalue weighted by atomic mass is 15.2. The smallest absolute Gasteiger partial charge is 0.0218 e. The third kappa shape index (κ3) is 1.32.